The van der Waals surface area contributed by atoms with Crippen molar-refractivity contribution in [2.75, 3.05) is 18.4 Å². The fraction of sp³-hybridized carbons (Fsp3) is 0.300. The molecular formula is C20H24N6O4S. The van der Waals surface area contributed by atoms with Gasteiger partial charge >= 0.3 is 0 Å². The van der Waals surface area contributed by atoms with Crippen molar-refractivity contribution in [1.29, 1.82) is 0 Å². The third-order valence-electron chi connectivity index (χ3n) is 4.66. The third kappa shape index (κ3) is 5.44. The smallest absolute Gasteiger partial charge is 0.251 e. The van der Waals surface area contributed by atoms with E-state index in [1.807, 2.05) is 12.1 Å². The van der Waals surface area contributed by atoms with E-state index in [1.165, 1.54) is 22.9 Å². The largest absolute Gasteiger partial charge is 0.325 e. The van der Waals surface area contributed by atoms with E-state index < -0.39 is 21.5 Å². The normalized spacial score (nSPS) is 11.6. The molecule has 0 saturated heterocycles. The van der Waals surface area contributed by atoms with Gasteiger partial charge in [0.05, 0.1) is 11.4 Å². The van der Waals surface area contributed by atoms with Gasteiger partial charge in [-0.25, -0.2) is 18.1 Å². The summed E-state index contributed by atoms with van der Waals surface area (Å²) < 4.78 is 29.4. The molecule has 1 aromatic carbocycles. The first-order valence-corrected chi connectivity index (χ1v) is 11.2. The van der Waals surface area contributed by atoms with Crippen LogP contribution in [0.2, 0.25) is 0 Å². The second-order valence-corrected chi connectivity index (χ2v) is 8.70. The molecule has 2 aromatic heterocycles. The monoisotopic (exact) mass is 444 g/mol. The number of amides is 1. The molecule has 0 aliphatic carbocycles. The number of carbonyl (C=O) groups excluding carboxylic acids is 1. The fourth-order valence-corrected chi connectivity index (χ4v) is 4.53. The highest BCUT2D eigenvalue weighted by Crippen LogP contribution is 2.14. The van der Waals surface area contributed by atoms with Crippen LogP contribution in [0.1, 0.15) is 19.4 Å². The van der Waals surface area contributed by atoms with E-state index in [2.05, 4.69) is 15.4 Å². The maximum absolute atomic E-state index is 12.7. The lowest BCUT2D eigenvalue weighted by atomic mass is 10.2. The van der Waals surface area contributed by atoms with Crippen LogP contribution in [-0.4, -0.2) is 51.1 Å². The summed E-state index contributed by atoms with van der Waals surface area (Å²) in [7, 11) is -3.73. The second-order valence-electron chi connectivity index (χ2n) is 6.76. The Balaban J connectivity index is 1.69. The molecule has 0 atom stereocenters. The van der Waals surface area contributed by atoms with Crippen molar-refractivity contribution in [2.24, 2.45) is 0 Å². The molecule has 2 heterocycles. The topological polar surface area (TPSA) is 119 Å². The molecule has 0 fully saturated rings. The van der Waals surface area contributed by atoms with Crippen LogP contribution in [0.3, 0.4) is 0 Å². The van der Waals surface area contributed by atoms with Crippen molar-refractivity contribution >= 4 is 21.6 Å². The lowest BCUT2D eigenvalue weighted by Crippen LogP contribution is -2.33. The van der Waals surface area contributed by atoms with E-state index in [0.29, 0.717) is 25.3 Å². The number of nitrogens with zero attached hydrogens (tertiary/aromatic N) is 5. The molecule has 3 aromatic rings. The van der Waals surface area contributed by atoms with Crippen LogP contribution in [-0.2, 0) is 27.9 Å². The predicted molar refractivity (Wildman–Crippen MR) is 115 cm³/mol. The quantitative estimate of drug-likeness (QED) is 0.529. The Morgan fingerprint density at radius 2 is 1.81 bits per heavy atom. The Morgan fingerprint density at radius 1 is 1.10 bits per heavy atom. The SMILES string of the molecule is CCN(CC)S(=O)(=O)c1ccc(=O)n(CC(=O)Nc2ccc(Cn3cncn3)cc2)c1. The molecule has 3 rings (SSSR count). The van der Waals surface area contributed by atoms with Crippen molar-refractivity contribution in [3.05, 3.63) is 71.2 Å². The zero-order valence-corrected chi connectivity index (χ0v) is 18.1. The van der Waals surface area contributed by atoms with Crippen LogP contribution in [0, 0.1) is 0 Å². The lowest BCUT2D eigenvalue weighted by Gasteiger charge is -2.19. The minimum atomic E-state index is -3.73. The summed E-state index contributed by atoms with van der Waals surface area (Å²) in [5.74, 6) is -0.441. The number of benzene rings is 1. The van der Waals surface area contributed by atoms with Crippen molar-refractivity contribution in [2.45, 2.75) is 31.8 Å². The molecule has 0 spiro atoms. The number of anilines is 1. The Kier molecular flexibility index (Phi) is 6.98. The Labute approximate surface area is 180 Å². The first kappa shape index (κ1) is 22.4. The zero-order chi connectivity index (χ0) is 22.4. The maximum atomic E-state index is 12.7. The number of sulfonamides is 1. The second kappa shape index (κ2) is 9.67. The maximum Gasteiger partial charge on any atom is 0.251 e. The van der Waals surface area contributed by atoms with Gasteiger partial charge in [0.1, 0.15) is 19.2 Å². The average Bonchev–Trinajstić information content (AvgIpc) is 3.25. The highest BCUT2D eigenvalue weighted by atomic mass is 32.2. The van der Waals surface area contributed by atoms with Crippen LogP contribution >= 0.6 is 0 Å². The summed E-state index contributed by atoms with van der Waals surface area (Å²) in [6, 6.07) is 9.60. The molecule has 11 heteroatoms. The van der Waals surface area contributed by atoms with E-state index in [4.69, 9.17) is 0 Å². The molecule has 0 aliphatic rings. The van der Waals surface area contributed by atoms with Crippen LogP contribution in [0.25, 0.3) is 0 Å². The number of pyridine rings is 1. The van der Waals surface area contributed by atoms with Gasteiger partial charge in [-0.2, -0.15) is 9.40 Å². The number of carbonyl (C=O) groups is 1. The predicted octanol–water partition coefficient (Wildman–Crippen LogP) is 1.16. The number of rotatable bonds is 9. The highest BCUT2D eigenvalue weighted by molar-refractivity contribution is 7.89. The number of aromatic nitrogens is 4. The van der Waals surface area contributed by atoms with Crippen molar-refractivity contribution in [1.82, 2.24) is 23.6 Å². The third-order valence-corrected chi connectivity index (χ3v) is 6.70. The van der Waals surface area contributed by atoms with Gasteiger partial charge in [-0.3, -0.25) is 9.59 Å². The first-order chi connectivity index (χ1) is 14.8. The van der Waals surface area contributed by atoms with Gasteiger partial charge in [0, 0.05) is 31.0 Å². The molecule has 0 aliphatic heterocycles. The number of hydrogen-bond donors (Lipinski definition) is 1. The highest BCUT2D eigenvalue weighted by Gasteiger charge is 2.22. The summed E-state index contributed by atoms with van der Waals surface area (Å²) in [6.07, 6.45) is 4.28. The van der Waals surface area contributed by atoms with E-state index >= 15 is 0 Å². The Morgan fingerprint density at radius 3 is 2.42 bits per heavy atom. The summed E-state index contributed by atoms with van der Waals surface area (Å²) in [5.41, 5.74) is 1.08. The Bertz CT molecular complexity index is 1180. The van der Waals surface area contributed by atoms with Crippen LogP contribution in [0.5, 0.6) is 0 Å². The van der Waals surface area contributed by atoms with Gasteiger partial charge in [0.2, 0.25) is 15.9 Å². The van der Waals surface area contributed by atoms with Gasteiger partial charge in [0.15, 0.2) is 0 Å². The molecule has 164 valence electrons. The minimum Gasteiger partial charge on any atom is -0.325 e. The molecule has 1 N–H and O–H groups in total. The van der Waals surface area contributed by atoms with E-state index in [9.17, 15) is 18.0 Å². The van der Waals surface area contributed by atoms with E-state index in [0.717, 1.165) is 16.2 Å². The van der Waals surface area contributed by atoms with Gasteiger partial charge < -0.3 is 9.88 Å². The fourth-order valence-electron chi connectivity index (χ4n) is 3.05. The summed E-state index contributed by atoms with van der Waals surface area (Å²) in [5, 5.41) is 6.75. The van der Waals surface area contributed by atoms with Crippen molar-refractivity contribution in [3.63, 3.8) is 0 Å². The van der Waals surface area contributed by atoms with Crippen LogP contribution < -0.4 is 10.9 Å². The Hall–Kier alpha value is -3.31. The molecule has 0 bridgehead atoms. The molecule has 0 saturated carbocycles. The lowest BCUT2D eigenvalue weighted by molar-refractivity contribution is -0.116. The van der Waals surface area contributed by atoms with Gasteiger partial charge in [-0.15, -0.1) is 0 Å². The van der Waals surface area contributed by atoms with Gasteiger partial charge in [0.25, 0.3) is 5.56 Å². The minimum absolute atomic E-state index is 0.0268. The van der Waals surface area contributed by atoms with Crippen LogP contribution in [0.15, 0.2) is 64.9 Å². The average molecular weight is 445 g/mol. The molecule has 0 radical (unpaired) electrons. The van der Waals surface area contributed by atoms with Crippen molar-refractivity contribution < 1.29 is 13.2 Å². The molecule has 0 unspecified atom stereocenters. The van der Waals surface area contributed by atoms with Gasteiger partial charge in [-0.1, -0.05) is 26.0 Å². The van der Waals surface area contributed by atoms with Gasteiger partial charge in [-0.05, 0) is 23.8 Å². The summed E-state index contributed by atoms with van der Waals surface area (Å²) in [6.45, 7) is 4.35. The van der Waals surface area contributed by atoms with E-state index in [1.54, 1.807) is 37.0 Å². The summed E-state index contributed by atoms with van der Waals surface area (Å²) >= 11 is 0. The van der Waals surface area contributed by atoms with E-state index in [-0.39, 0.29) is 11.4 Å². The number of nitrogens with one attached hydrogen (secondary N) is 1. The zero-order valence-electron chi connectivity index (χ0n) is 17.3. The van der Waals surface area contributed by atoms with Crippen molar-refractivity contribution in [3.8, 4) is 0 Å². The molecule has 31 heavy (non-hydrogen) atoms. The first-order valence-electron chi connectivity index (χ1n) is 9.75. The standard InChI is InChI=1S/C20H24N6O4S/c1-3-26(4-2)31(29,30)18-9-10-20(28)24(12-18)13-19(27)23-17-7-5-16(6-8-17)11-25-15-21-14-22-25/h5-10,12,14-15H,3-4,11,13H2,1-2H3,(H,23,27). The summed E-state index contributed by atoms with van der Waals surface area (Å²) in [4.78, 5) is 28.4. The molecule has 10 nitrogen and oxygen atoms in total. The molecule has 1 amide bonds. The number of hydrogen-bond acceptors (Lipinski definition) is 6. The van der Waals surface area contributed by atoms with Crippen LogP contribution in [0.4, 0.5) is 5.69 Å². The molecular weight excluding hydrogens is 420 g/mol.